The van der Waals surface area contributed by atoms with Gasteiger partial charge in [-0.3, -0.25) is 4.31 Å². The fourth-order valence-corrected chi connectivity index (χ4v) is 4.61. The van der Waals surface area contributed by atoms with E-state index in [2.05, 4.69) is 4.98 Å². The van der Waals surface area contributed by atoms with Gasteiger partial charge in [0.15, 0.2) is 11.5 Å². The van der Waals surface area contributed by atoms with Crippen LogP contribution >= 0.6 is 0 Å². The summed E-state index contributed by atoms with van der Waals surface area (Å²) in [5.41, 5.74) is 3.00. The molecular weight excluding hydrogens is 312 g/mol. The van der Waals surface area contributed by atoms with Crippen LogP contribution in [0.1, 0.15) is 17.9 Å². The van der Waals surface area contributed by atoms with E-state index in [0.29, 0.717) is 23.5 Å². The van der Waals surface area contributed by atoms with Crippen LogP contribution < -0.4 is 4.31 Å². The van der Waals surface area contributed by atoms with Gasteiger partial charge in [0.05, 0.1) is 10.6 Å². The average molecular weight is 328 g/mol. The van der Waals surface area contributed by atoms with Gasteiger partial charge in [0, 0.05) is 19.5 Å². The Labute approximate surface area is 134 Å². The average Bonchev–Trinajstić information content (AvgIpc) is 2.93. The van der Waals surface area contributed by atoms with Crippen LogP contribution in [-0.2, 0) is 16.4 Å². The Kier molecular flexibility index (Phi) is 3.16. The van der Waals surface area contributed by atoms with E-state index in [1.54, 1.807) is 25.1 Å². The lowest BCUT2D eigenvalue weighted by Crippen LogP contribution is -2.35. The normalized spacial score (nSPS) is 14.9. The number of fused-ring (bicyclic) bond motifs is 2. The fraction of sp³-hybridized carbons (Fsp3) is 0.235. The van der Waals surface area contributed by atoms with Crippen molar-refractivity contribution in [2.75, 3.05) is 10.8 Å². The second-order valence-corrected chi connectivity index (χ2v) is 7.53. The number of oxazole rings is 1. The van der Waals surface area contributed by atoms with Crippen molar-refractivity contribution in [1.29, 1.82) is 0 Å². The fourth-order valence-electron chi connectivity index (χ4n) is 3.06. The van der Waals surface area contributed by atoms with Crippen molar-refractivity contribution in [3.05, 3.63) is 53.9 Å². The number of aromatic nitrogens is 1. The lowest BCUT2D eigenvalue weighted by atomic mass is 10.0. The van der Waals surface area contributed by atoms with E-state index in [-0.39, 0.29) is 4.90 Å². The molecule has 0 radical (unpaired) electrons. The van der Waals surface area contributed by atoms with Crippen LogP contribution in [0.2, 0.25) is 0 Å². The van der Waals surface area contributed by atoms with Crippen LogP contribution in [0.15, 0.2) is 51.8 Å². The molecule has 0 saturated heterocycles. The number of benzene rings is 2. The number of aryl methyl sites for hydroxylation is 2. The molecule has 1 aromatic heterocycles. The highest BCUT2D eigenvalue weighted by Gasteiger charge is 2.29. The van der Waals surface area contributed by atoms with Gasteiger partial charge in [-0.2, -0.15) is 0 Å². The summed E-state index contributed by atoms with van der Waals surface area (Å²) in [6.45, 7) is 2.24. The molecule has 0 atom stereocenters. The first-order chi connectivity index (χ1) is 11.1. The number of sulfonamides is 1. The molecule has 0 N–H and O–H groups in total. The van der Waals surface area contributed by atoms with Gasteiger partial charge in [-0.25, -0.2) is 13.4 Å². The van der Waals surface area contributed by atoms with Crippen LogP contribution in [0.3, 0.4) is 0 Å². The summed E-state index contributed by atoms with van der Waals surface area (Å²) in [5.74, 6) is 0.526. The van der Waals surface area contributed by atoms with Crippen LogP contribution in [0.5, 0.6) is 0 Å². The Morgan fingerprint density at radius 1 is 1.17 bits per heavy atom. The van der Waals surface area contributed by atoms with Gasteiger partial charge in [0.25, 0.3) is 10.0 Å². The van der Waals surface area contributed by atoms with Crippen molar-refractivity contribution >= 4 is 26.8 Å². The SMILES string of the molecule is Cc1nc2ccc(S(=O)(=O)N3CCCc4ccccc43)cc2o1. The monoisotopic (exact) mass is 328 g/mol. The largest absolute Gasteiger partial charge is 0.441 e. The first-order valence-electron chi connectivity index (χ1n) is 7.53. The molecule has 5 nitrogen and oxygen atoms in total. The predicted molar refractivity (Wildman–Crippen MR) is 88.0 cm³/mol. The van der Waals surface area contributed by atoms with Gasteiger partial charge in [0.2, 0.25) is 0 Å². The van der Waals surface area contributed by atoms with Crippen molar-refractivity contribution in [2.24, 2.45) is 0 Å². The second-order valence-electron chi connectivity index (χ2n) is 5.67. The highest BCUT2D eigenvalue weighted by Crippen LogP contribution is 2.32. The molecule has 6 heteroatoms. The maximum absolute atomic E-state index is 13.1. The van der Waals surface area contributed by atoms with E-state index >= 15 is 0 Å². The van der Waals surface area contributed by atoms with Gasteiger partial charge >= 0.3 is 0 Å². The zero-order chi connectivity index (χ0) is 16.0. The van der Waals surface area contributed by atoms with Crippen molar-refractivity contribution < 1.29 is 12.8 Å². The first kappa shape index (κ1) is 14.3. The first-order valence-corrected chi connectivity index (χ1v) is 8.97. The molecule has 118 valence electrons. The molecule has 3 aromatic rings. The van der Waals surface area contributed by atoms with E-state index in [0.717, 1.165) is 24.1 Å². The van der Waals surface area contributed by atoms with Gasteiger partial charge in [-0.05, 0) is 36.6 Å². The number of hydrogen-bond donors (Lipinski definition) is 0. The third kappa shape index (κ3) is 2.30. The van der Waals surface area contributed by atoms with Gasteiger partial charge in [-0.1, -0.05) is 18.2 Å². The third-order valence-electron chi connectivity index (χ3n) is 4.12. The molecule has 0 aliphatic carbocycles. The smallest absolute Gasteiger partial charge is 0.264 e. The van der Waals surface area contributed by atoms with E-state index in [4.69, 9.17) is 4.42 Å². The van der Waals surface area contributed by atoms with E-state index in [9.17, 15) is 8.42 Å². The Hall–Kier alpha value is -2.34. The van der Waals surface area contributed by atoms with E-state index < -0.39 is 10.0 Å². The highest BCUT2D eigenvalue weighted by molar-refractivity contribution is 7.92. The molecule has 4 rings (SSSR count). The standard InChI is InChI=1S/C17H16N2O3S/c1-12-18-15-9-8-14(11-17(15)22-12)23(20,21)19-10-4-6-13-5-2-3-7-16(13)19/h2-3,5,7-9,11H,4,6,10H2,1H3. The van der Waals surface area contributed by atoms with Gasteiger partial charge in [0.1, 0.15) is 5.52 Å². The Morgan fingerprint density at radius 2 is 2.00 bits per heavy atom. The van der Waals surface area contributed by atoms with Crippen molar-refractivity contribution in [3.63, 3.8) is 0 Å². The predicted octanol–water partition coefficient (Wildman–Crippen LogP) is 3.28. The number of rotatable bonds is 2. The quantitative estimate of drug-likeness (QED) is 0.724. The summed E-state index contributed by atoms with van der Waals surface area (Å²) in [4.78, 5) is 4.44. The molecule has 0 bridgehead atoms. The topological polar surface area (TPSA) is 63.4 Å². The summed E-state index contributed by atoms with van der Waals surface area (Å²) < 4.78 is 33.1. The molecule has 0 saturated carbocycles. The minimum Gasteiger partial charge on any atom is -0.441 e. The molecule has 23 heavy (non-hydrogen) atoms. The number of para-hydroxylation sites is 1. The number of anilines is 1. The van der Waals surface area contributed by atoms with E-state index in [1.165, 1.54) is 4.31 Å². The molecule has 2 heterocycles. The molecule has 1 aliphatic heterocycles. The van der Waals surface area contributed by atoms with Crippen molar-refractivity contribution in [3.8, 4) is 0 Å². The van der Waals surface area contributed by atoms with Gasteiger partial charge in [-0.15, -0.1) is 0 Å². The summed E-state index contributed by atoms with van der Waals surface area (Å²) in [6.07, 6.45) is 1.72. The van der Waals surface area contributed by atoms with Crippen LogP contribution in [-0.4, -0.2) is 19.9 Å². The van der Waals surface area contributed by atoms with E-state index in [1.807, 2.05) is 24.3 Å². The molecule has 0 amide bonds. The summed E-state index contributed by atoms with van der Waals surface area (Å²) in [6, 6.07) is 12.5. The minimum atomic E-state index is -3.61. The van der Waals surface area contributed by atoms with Crippen LogP contribution in [0.4, 0.5) is 5.69 Å². The highest BCUT2D eigenvalue weighted by atomic mass is 32.2. The Morgan fingerprint density at radius 3 is 2.87 bits per heavy atom. The summed E-state index contributed by atoms with van der Waals surface area (Å²) in [5, 5.41) is 0. The lowest BCUT2D eigenvalue weighted by molar-refractivity contribution is 0.559. The zero-order valence-electron chi connectivity index (χ0n) is 12.7. The molecule has 1 aliphatic rings. The summed E-state index contributed by atoms with van der Waals surface area (Å²) in [7, 11) is -3.61. The number of nitrogens with zero attached hydrogens (tertiary/aromatic N) is 2. The molecule has 0 fully saturated rings. The summed E-state index contributed by atoms with van der Waals surface area (Å²) >= 11 is 0. The Bertz CT molecular complexity index is 992. The molecular formula is C17H16N2O3S. The molecule has 0 unspecified atom stereocenters. The minimum absolute atomic E-state index is 0.234. The molecule has 0 spiro atoms. The molecule has 2 aromatic carbocycles. The Balaban J connectivity index is 1.83. The third-order valence-corrected chi connectivity index (χ3v) is 5.93. The maximum Gasteiger partial charge on any atom is 0.264 e. The van der Waals surface area contributed by atoms with Crippen molar-refractivity contribution in [2.45, 2.75) is 24.7 Å². The lowest BCUT2D eigenvalue weighted by Gasteiger charge is -2.30. The van der Waals surface area contributed by atoms with Crippen LogP contribution in [0, 0.1) is 6.92 Å². The van der Waals surface area contributed by atoms with Gasteiger partial charge < -0.3 is 4.42 Å². The zero-order valence-corrected chi connectivity index (χ0v) is 13.5. The number of hydrogen-bond acceptors (Lipinski definition) is 4. The van der Waals surface area contributed by atoms with Crippen LogP contribution in [0.25, 0.3) is 11.1 Å². The second kappa shape index (κ2) is 5.09. The van der Waals surface area contributed by atoms with Crippen molar-refractivity contribution in [1.82, 2.24) is 4.98 Å². The maximum atomic E-state index is 13.1.